The number of imidazole rings is 1. The molecule has 3 atom stereocenters. The molecule has 0 aliphatic heterocycles. The standard InChI is InChI=1S/C17H20Cl2N2/c18-7-6-16-20-15-3-1-2-14(19)17(15)21(16)10-13-9-11-4-5-12(13)8-11/h1-3,11-13H,4-10H2. The highest BCUT2D eigenvalue weighted by atomic mass is 35.5. The molecule has 2 aliphatic rings. The second-order valence-electron chi connectivity index (χ2n) is 6.62. The summed E-state index contributed by atoms with van der Waals surface area (Å²) in [5.41, 5.74) is 2.10. The Bertz CT molecular complexity index is 664. The number of aryl methyl sites for hydroxylation is 1. The summed E-state index contributed by atoms with van der Waals surface area (Å²) in [5, 5.41) is 0.809. The van der Waals surface area contributed by atoms with E-state index < -0.39 is 0 Å². The number of aromatic nitrogens is 2. The first-order valence-corrected chi connectivity index (χ1v) is 8.87. The van der Waals surface area contributed by atoms with E-state index in [1.165, 1.54) is 25.7 Å². The minimum atomic E-state index is 0.609. The summed E-state index contributed by atoms with van der Waals surface area (Å²) < 4.78 is 2.35. The van der Waals surface area contributed by atoms with Crippen molar-refractivity contribution in [3.63, 3.8) is 0 Å². The van der Waals surface area contributed by atoms with E-state index in [4.69, 9.17) is 28.2 Å². The zero-order valence-corrected chi connectivity index (χ0v) is 13.6. The summed E-state index contributed by atoms with van der Waals surface area (Å²) in [7, 11) is 0. The van der Waals surface area contributed by atoms with Crippen LogP contribution in [0, 0.1) is 17.8 Å². The van der Waals surface area contributed by atoms with Crippen LogP contribution in [0.1, 0.15) is 31.5 Å². The zero-order chi connectivity index (χ0) is 14.4. The van der Waals surface area contributed by atoms with Crippen LogP contribution in [-0.4, -0.2) is 15.4 Å². The van der Waals surface area contributed by atoms with E-state index in [1.54, 1.807) is 0 Å². The van der Waals surface area contributed by atoms with E-state index in [9.17, 15) is 0 Å². The van der Waals surface area contributed by atoms with Gasteiger partial charge in [-0.05, 0) is 49.1 Å². The van der Waals surface area contributed by atoms with Crippen LogP contribution in [0.4, 0.5) is 0 Å². The molecule has 2 nitrogen and oxygen atoms in total. The van der Waals surface area contributed by atoms with Crippen molar-refractivity contribution in [2.75, 3.05) is 5.88 Å². The van der Waals surface area contributed by atoms with E-state index in [-0.39, 0.29) is 0 Å². The lowest BCUT2D eigenvalue weighted by atomic mass is 9.88. The molecule has 2 fully saturated rings. The van der Waals surface area contributed by atoms with Gasteiger partial charge in [-0.1, -0.05) is 24.1 Å². The van der Waals surface area contributed by atoms with Crippen molar-refractivity contribution in [1.82, 2.24) is 9.55 Å². The Hall–Kier alpha value is -0.730. The zero-order valence-electron chi connectivity index (χ0n) is 12.1. The second kappa shape index (κ2) is 5.48. The molecular formula is C17H20Cl2N2. The third kappa shape index (κ3) is 2.37. The van der Waals surface area contributed by atoms with Crippen LogP contribution in [0.25, 0.3) is 11.0 Å². The number of benzene rings is 1. The topological polar surface area (TPSA) is 17.8 Å². The van der Waals surface area contributed by atoms with Gasteiger partial charge in [-0.15, -0.1) is 11.6 Å². The molecule has 2 aliphatic carbocycles. The van der Waals surface area contributed by atoms with Gasteiger partial charge in [-0.2, -0.15) is 0 Å². The normalized spacial score (nSPS) is 27.8. The molecule has 0 radical (unpaired) electrons. The van der Waals surface area contributed by atoms with Gasteiger partial charge in [0.15, 0.2) is 0 Å². The Morgan fingerprint density at radius 2 is 2.14 bits per heavy atom. The fourth-order valence-corrected chi connectivity index (χ4v) is 4.94. The molecule has 21 heavy (non-hydrogen) atoms. The minimum absolute atomic E-state index is 0.609. The fourth-order valence-electron chi connectivity index (χ4n) is 4.50. The molecule has 112 valence electrons. The van der Waals surface area contributed by atoms with E-state index in [0.29, 0.717) is 5.88 Å². The lowest BCUT2D eigenvalue weighted by Gasteiger charge is -2.23. The maximum atomic E-state index is 6.45. The highest BCUT2D eigenvalue weighted by Gasteiger charge is 2.39. The van der Waals surface area contributed by atoms with Crippen molar-refractivity contribution >= 4 is 34.2 Å². The molecule has 2 aromatic rings. The fraction of sp³-hybridized carbons (Fsp3) is 0.588. The van der Waals surface area contributed by atoms with Gasteiger partial charge >= 0.3 is 0 Å². The summed E-state index contributed by atoms with van der Waals surface area (Å²) in [6.07, 6.45) is 6.50. The van der Waals surface area contributed by atoms with Gasteiger partial charge in [-0.3, -0.25) is 0 Å². The van der Waals surface area contributed by atoms with E-state index in [0.717, 1.165) is 52.6 Å². The van der Waals surface area contributed by atoms with Crippen molar-refractivity contribution in [2.24, 2.45) is 17.8 Å². The number of halogens is 2. The third-order valence-electron chi connectivity index (χ3n) is 5.42. The van der Waals surface area contributed by atoms with Gasteiger partial charge in [0.25, 0.3) is 0 Å². The van der Waals surface area contributed by atoms with E-state index in [1.807, 2.05) is 12.1 Å². The molecular weight excluding hydrogens is 303 g/mol. The molecule has 1 aromatic heterocycles. The molecule has 4 heteroatoms. The summed E-state index contributed by atoms with van der Waals surface area (Å²) in [5.74, 6) is 4.39. The highest BCUT2D eigenvalue weighted by Crippen LogP contribution is 2.49. The van der Waals surface area contributed by atoms with Crippen LogP contribution >= 0.6 is 23.2 Å². The summed E-state index contributed by atoms with van der Waals surface area (Å²) in [4.78, 5) is 4.76. The number of rotatable bonds is 4. The van der Waals surface area contributed by atoms with Crippen molar-refractivity contribution in [1.29, 1.82) is 0 Å². The van der Waals surface area contributed by atoms with Gasteiger partial charge in [0.2, 0.25) is 0 Å². The van der Waals surface area contributed by atoms with Crippen LogP contribution in [0.15, 0.2) is 18.2 Å². The molecule has 1 aromatic carbocycles. The lowest BCUT2D eigenvalue weighted by molar-refractivity contribution is 0.296. The van der Waals surface area contributed by atoms with Crippen molar-refractivity contribution < 1.29 is 0 Å². The molecule has 1 heterocycles. The van der Waals surface area contributed by atoms with Crippen LogP contribution in [0.3, 0.4) is 0 Å². The number of nitrogens with zero attached hydrogens (tertiary/aromatic N) is 2. The Kier molecular flexibility index (Phi) is 3.63. The first-order valence-electron chi connectivity index (χ1n) is 7.96. The first-order chi connectivity index (χ1) is 10.3. The second-order valence-corrected chi connectivity index (χ2v) is 7.41. The van der Waals surface area contributed by atoms with Gasteiger partial charge in [0.05, 0.1) is 16.1 Å². The Morgan fingerprint density at radius 3 is 2.86 bits per heavy atom. The number of hydrogen-bond acceptors (Lipinski definition) is 1. The summed E-state index contributed by atoms with van der Waals surface area (Å²) in [6.45, 7) is 1.06. The Morgan fingerprint density at radius 1 is 1.24 bits per heavy atom. The number of fused-ring (bicyclic) bond motifs is 3. The molecule has 2 bridgehead atoms. The molecule has 0 saturated heterocycles. The molecule has 0 spiro atoms. The quantitative estimate of drug-likeness (QED) is 0.731. The van der Waals surface area contributed by atoms with Crippen LogP contribution in [-0.2, 0) is 13.0 Å². The van der Waals surface area contributed by atoms with E-state index >= 15 is 0 Å². The monoisotopic (exact) mass is 322 g/mol. The van der Waals surface area contributed by atoms with Gasteiger partial charge < -0.3 is 4.57 Å². The largest absolute Gasteiger partial charge is 0.326 e. The maximum absolute atomic E-state index is 6.45. The minimum Gasteiger partial charge on any atom is -0.326 e. The highest BCUT2D eigenvalue weighted by molar-refractivity contribution is 6.35. The summed E-state index contributed by atoms with van der Waals surface area (Å²) in [6, 6.07) is 5.99. The SMILES string of the molecule is ClCCc1nc2cccc(Cl)c2n1CC1CC2CCC1C2. The van der Waals surface area contributed by atoms with Gasteiger partial charge in [-0.25, -0.2) is 4.98 Å². The van der Waals surface area contributed by atoms with E-state index in [2.05, 4.69) is 10.6 Å². The third-order valence-corrected chi connectivity index (χ3v) is 5.91. The number of para-hydroxylation sites is 1. The van der Waals surface area contributed by atoms with Crippen LogP contribution in [0.5, 0.6) is 0 Å². The first kappa shape index (κ1) is 13.9. The van der Waals surface area contributed by atoms with Gasteiger partial charge in [0.1, 0.15) is 5.82 Å². The van der Waals surface area contributed by atoms with Crippen molar-refractivity contribution in [3.8, 4) is 0 Å². The van der Waals surface area contributed by atoms with Crippen molar-refractivity contribution in [2.45, 2.75) is 38.6 Å². The predicted molar refractivity (Wildman–Crippen MR) is 88.1 cm³/mol. The molecule has 0 N–H and O–H groups in total. The van der Waals surface area contributed by atoms with Gasteiger partial charge in [0, 0.05) is 18.8 Å². The van der Waals surface area contributed by atoms with Crippen LogP contribution in [0.2, 0.25) is 5.02 Å². The maximum Gasteiger partial charge on any atom is 0.111 e. The molecule has 4 rings (SSSR count). The Labute approximate surface area is 135 Å². The smallest absolute Gasteiger partial charge is 0.111 e. The van der Waals surface area contributed by atoms with Crippen molar-refractivity contribution in [3.05, 3.63) is 29.0 Å². The predicted octanol–water partition coefficient (Wildman–Crippen LogP) is 4.91. The molecule has 3 unspecified atom stereocenters. The average Bonchev–Trinajstić information content (AvgIpc) is 3.15. The number of alkyl halides is 1. The lowest BCUT2D eigenvalue weighted by Crippen LogP contribution is -2.19. The van der Waals surface area contributed by atoms with Crippen LogP contribution < -0.4 is 0 Å². The molecule has 2 saturated carbocycles. The average molecular weight is 323 g/mol. The number of hydrogen-bond donors (Lipinski definition) is 0. The molecule has 0 amide bonds. The Balaban J connectivity index is 1.73. The summed E-state index contributed by atoms with van der Waals surface area (Å²) >= 11 is 12.4.